The first-order chi connectivity index (χ1) is 8.05. The minimum Gasteiger partial charge on any atom is -0.312 e. The van der Waals surface area contributed by atoms with Crippen molar-refractivity contribution < 1.29 is 0 Å². The van der Waals surface area contributed by atoms with Gasteiger partial charge in [0.15, 0.2) is 0 Å². The molecule has 0 atom stereocenters. The minimum atomic E-state index is 0.272. The van der Waals surface area contributed by atoms with Gasteiger partial charge in [-0.3, -0.25) is 4.98 Å². The summed E-state index contributed by atoms with van der Waals surface area (Å²) in [4.78, 5) is 3.97. The van der Waals surface area contributed by atoms with Crippen LogP contribution < -0.4 is 5.32 Å². The van der Waals surface area contributed by atoms with Crippen molar-refractivity contribution in [2.24, 2.45) is 5.41 Å². The van der Waals surface area contributed by atoms with Crippen LogP contribution in [0.4, 0.5) is 0 Å². The Morgan fingerprint density at radius 2 is 2.18 bits per heavy atom. The van der Waals surface area contributed by atoms with E-state index in [1.165, 1.54) is 0 Å². The number of aromatic nitrogens is 1. The molecule has 0 radical (unpaired) electrons. The van der Waals surface area contributed by atoms with E-state index in [9.17, 15) is 0 Å². The van der Waals surface area contributed by atoms with Gasteiger partial charge in [-0.15, -0.1) is 11.6 Å². The van der Waals surface area contributed by atoms with Crippen molar-refractivity contribution in [1.29, 1.82) is 0 Å². The molecule has 0 bridgehead atoms. The Morgan fingerprint density at radius 1 is 1.41 bits per heavy atom. The molecule has 0 unspecified atom stereocenters. The Balaban J connectivity index is 2.35. The summed E-state index contributed by atoms with van der Waals surface area (Å²) in [6, 6.07) is 1.95. The summed E-state index contributed by atoms with van der Waals surface area (Å²) in [6.07, 6.45) is 5.64. The third kappa shape index (κ3) is 5.71. The number of pyridine rings is 1. The number of hydrogen-bond donors (Lipinski definition) is 1. The number of rotatable bonds is 7. The zero-order chi connectivity index (χ0) is 12.7. The average Bonchev–Trinajstić information content (AvgIpc) is 2.29. The SMILES string of the molecule is CC(C)(CCCCl)CNCc1ccncc1Cl. The van der Waals surface area contributed by atoms with Crippen LogP contribution in [0.1, 0.15) is 32.3 Å². The fourth-order valence-corrected chi connectivity index (χ4v) is 2.04. The van der Waals surface area contributed by atoms with Crippen LogP contribution in [-0.2, 0) is 6.54 Å². The topological polar surface area (TPSA) is 24.9 Å². The number of nitrogens with one attached hydrogen (secondary N) is 1. The van der Waals surface area contributed by atoms with Crippen molar-refractivity contribution in [1.82, 2.24) is 10.3 Å². The average molecular weight is 275 g/mol. The highest BCUT2D eigenvalue weighted by atomic mass is 35.5. The zero-order valence-electron chi connectivity index (χ0n) is 10.5. The largest absolute Gasteiger partial charge is 0.312 e. The van der Waals surface area contributed by atoms with E-state index < -0.39 is 0 Å². The molecular weight excluding hydrogens is 255 g/mol. The van der Waals surface area contributed by atoms with Crippen LogP contribution in [0.2, 0.25) is 5.02 Å². The van der Waals surface area contributed by atoms with Gasteiger partial charge in [0, 0.05) is 31.4 Å². The third-order valence-electron chi connectivity index (χ3n) is 2.76. The van der Waals surface area contributed by atoms with Crippen LogP contribution >= 0.6 is 23.2 Å². The van der Waals surface area contributed by atoms with Gasteiger partial charge in [-0.05, 0) is 29.9 Å². The Hall–Kier alpha value is -0.310. The minimum absolute atomic E-state index is 0.272. The van der Waals surface area contributed by atoms with Crippen molar-refractivity contribution in [3.8, 4) is 0 Å². The molecule has 1 heterocycles. The Labute approximate surface area is 114 Å². The molecule has 17 heavy (non-hydrogen) atoms. The number of alkyl halides is 1. The fraction of sp³-hybridized carbons (Fsp3) is 0.615. The normalized spacial score (nSPS) is 11.8. The summed E-state index contributed by atoms with van der Waals surface area (Å²) in [5.74, 6) is 0.736. The summed E-state index contributed by atoms with van der Waals surface area (Å²) in [5, 5.41) is 4.16. The number of nitrogens with zero attached hydrogens (tertiary/aromatic N) is 1. The summed E-state index contributed by atoms with van der Waals surface area (Å²) in [6.45, 7) is 6.25. The molecule has 1 N–H and O–H groups in total. The van der Waals surface area contributed by atoms with Crippen molar-refractivity contribution >= 4 is 23.2 Å². The molecule has 0 fully saturated rings. The molecule has 0 aliphatic rings. The maximum atomic E-state index is 6.04. The van der Waals surface area contributed by atoms with E-state index in [0.29, 0.717) is 0 Å². The molecule has 96 valence electrons. The number of halogens is 2. The molecule has 0 aliphatic heterocycles. The van der Waals surface area contributed by atoms with Crippen molar-refractivity contribution in [2.75, 3.05) is 12.4 Å². The van der Waals surface area contributed by atoms with E-state index in [0.717, 1.165) is 42.4 Å². The second-order valence-corrected chi connectivity index (χ2v) is 5.81. The van der Waals surface area contributed by atoms with Crippen LogP contribution in [0.3, 0.4) is 0 Å². The maximum Gasteiger partial charge on any atom is 0.0634 e. The predicted octanol–water partition coefficient (Wildman–Crippen LogP) is 3.87. The van der Waals surface area contributed by atoms with E-state index >= 15 is 0 Å². The molecule has 4 heteroatoms. The lowest BCUT2D eigenvalue weighted by molar-refractivity contribution is 0.311. The Kier molecular flexibility index (Phi) is 6.24. The lowest BCUT2D eigenvalue weighted by Crippen LogP contribution is -2.29. The lowest BCUT2D eigenvalue weighted by atomic mass is 9.88. The molecule has 2 nitrogen and oxygen atoms in total. The highest BCUT2D eigenvalue weighted by molar-refractivity contribution is 6.31. The highest BCUT2D eigenvalue weighted by Crippen LogP contribution is 2.22. The van der Waals surface area contributed by atoms with Gasteiger partial charge in [0.1, 0.15) is 0 Å². The summed E-state index contributed by atoms with van der Waals surface area (Å²) in [5.41, 5.74) is 1.36. The van der Waals surface area contributed by atoms with Crippen molar-refractivity contribution in [3.63, 3.8) is 0 Å². The van der Waals surface area contributed by atoms with Gasteiger partial charge < -0.3 is 5.32 Å². The van der Waals surface area contributed by atoms with Crippen LogP contribution in [0.15, 0.2) is 18.5 Å². The van der Waals surface area contributed by atoms with E-state index in [-0.39, 0.29) is 5.41 Å². The second kappa shape index (κ2) is 7.20. The second-order valence-electron chi connectivity index (χ2n) is 5.03. The van der Waals surface area contributed by atoms with Gasteiger partial charge in [-0.2, -0.15) is 0 Å². The van der Waals surface area contributed by atoms with Crippen molar-refractivity contribution in [3.05, 3.63) is 29.0 Å². The first-order valence-electron chi connectivity index (χ1n) is 5.90. The fourth-order valence-electron chi connectivity index (χ4n) is 1.72. The summed E-state index contributed by atoms with van der Waals surface area (Å²) < 4.78 is 0. The summed E-state index contributed by atoms with van der Waals surface area (Å²) >= 11 is 11.8. The zero-order valence-corrected chi connectivity index (χ0v) is 12.0. The quantitative estimate of drug-likeness (QED) is 0.764. The molecule has 0 aromatic carbocycles. The van der Waals surface area contributed by atoms with Gasteiger partial charge in [-0.1, -0.05) is 25.4 Å². The van der Waals surface area contributed by atoms with E-state index in [1.54, 1.807) is 12.4 Å². The number of hydrogen-bond acceptors (Lipinski definition) is 2. The van der Waals surface area contributed by atoms with Crippen molar-refractivity contribution in [2.45, 2.75) is 33.2 Å². The Morgan fingerprint density at radius 3 is 2.82 bits per heavy atom. The third-order valence-corrected chi connectivity index (χ3v) is 3.37. The molecule has 0 saturated carbocycles. The van der Waals surface area contributed by atoms with Gasteiger partial charge in [0.25, 0.3) is 0 Å². The van der Waals surface area contributed by atoms with Crippen LogP contribution in [0, 0.1) is 5.41 Å². The first-order valence-corrected chi connectivity index (χ1v) is 6.81. The standard InChI is InChI=1S/C13H20Cl2N2/c1-13(2,5-3-6-14)10-17-8-11-4-7-16-9-12(11)15/h4,7,9,17H,3,5-6,8,10H2,1-2H3. The van der Waals surface area contributed by atoms with E-state index in [1.807, 2.05) is 6.07 Å². The van der Waals surface area contributed by atoms with Crippen LogP contribution in [0.25, 0.3) is 0 Å². The molecule has 0 aliphatic carbocycles. The monoisotopic (exact) mass is 274 g/mol. The Bertz CT molecular complexity index is 340. The molecule has 0 amide bonds. The summed E-state index contributed by atoms with van der Waals surface area (Å²) in [7, 11) is 0. The van der Waals surface area contributed by atoms with Crippen LogP contribution in [0.5, 0.6) is 0 Å². The maximum absolute atomic E-state index is 6.04. The highest BCUT2D eigenvalue weighted by Gasteiger charge is 2.16. The molecule has 0 saturated heterocycles. The van der Waals surface area contributed by atoms with E-state index in [2.05, 4.69) is 24.1 Å². The molecule has 1 rings (SSSR count). The molecule has 0 spiro atoms. The smallest absolute Gasteiger partial charge is 0.0634 e. The molecule has 1 aromatic heterocycles. The van der Waals surface area contributed by atoms with Gasteiger partial charge in [0.2, 0.25) is 0 Å². The predicted molar refractivity (Wildman–Crippen MR) is 74.7 cm³/mol. The molecular formula is C13H20Cl2N2. The van der Waals surface area contributed by atoms with Crippen LogP contribution in [-0.4, -0.2) is 17.4 Å². The lowest BCUT2D eigenvalue weighted by Gasteiger charge is -2.24. The van der Waals surface area contributed by atoms with E-state index in [4.69, 9.17) is 23.2 Å². The molecule has 1 aromatic rings. The van der Waals surface area contributed by atoms with Gasteiger partial charge in [-0.25, -0.2) is 0 Å². The first kappa shape index (κ1) is 14.7. The van der Waals surface area contributed by atoms with Gasteiger partial charge >= 0.3 is 0 Å². The van der Waals surface area contributed by atoms with Gasteiger partial charge in [0.05, 0.1) is 5.02 Å².